The Balaban J connectivity index is 2.35. The fraction of sp³-hybridized carbons (Fsp3) is 0.357. The van der Waals surface area contributed by atoms with E-state index in [2.05, 4.69) is 10.3 Å². The Labute approximate surface area is 121 Å². The van der Waals surface area contributed by atoms with Crippen molar-refractivity contribution in [2.45, 2.75) is 19.9 Å². The van der Waals surface area contributed by atoms with Crippen LogP contribution in [-0.4, -0.2) is 14.5 Å². The molecule has 2 rings (SSSR count). The molecule has 21 heavy (non-hydrogen) atoms. The van der Waals surface area contributed by atoms with Crippen LogP contribution in [0.4, 0.5) is 16.0 Å². The van der Waals surface area contributed by atoms with Crippen molar-refractivity contribution in [2.75, 3.05) is 5.32 Å². The van der Waals surface area contributed by atoms with Crippen LogP contribution in [0.5, 0.6) is 0 Å². The topological polar surface area (TPSA) is 73.0 Å². The number of nitrogens with one attached hydrogen (secondary N) is 1. The van der Waals surface area contributed by atoms with Crippen molar-refractivity contribution in [3.63, 3.8) is 0 Å². The molecule has 0 radical (unpaired) electrons. The first-order valence-electron chi connectivity index (χ1n) is 6.58. The van der Waals surface area contributed by atoms with E-state index in [1.807, 2.05) is 13.8 Å². The van der Waals surface area contributed by atoms with Gasteiger partial charge < -0.3 is 15.4 Å². The molecular weight excluding hydrogens is 275 g/mol. The Hall–Kier alpha value is -2.44. The summed E-state index contributed by atoms with van der Waals surface area (Å²) < 4.78 is 14.6. The molecule has 1 N–H and O–H groups in total. The molecule has 0 saturated carbocycles. The van der Waals surface area contributed by atoms with Gasteiger partial charge in [-0.2, -0.15) is 0 Å². The fourth-order valence-electron chi connectivity index (χ4n) is 2.17. The van der Waals surface area contributed by atoms with E-state index in [1.165, 1.54) is 18.5 Å². The number of nitrogens with zero attached hydrogens (tertiary/aromatic N) is 3. The molecule has 2 aromatic rings. The minimum absolute atomic E-state index is 0.157. The quantitative estimate of drug-likeness (QED) is 0.678. The van der Waals surface area contributed by atoms with E-state index in [9.17, 15) is 14.5 Å². The lowest BCUT2D eigenvalue weighted by Crippen LogP contribution is -2.19. The summed E-state index contributed by atoms with van der Waals surface area (Å²) in [6.07, 6.45) is 1.39. The molecule has 1 aromatic carbocycles. The van der Waals surface area contributed by atoms with Crippen LogP contribution in [0.15, 0.2) is 30.6 Å². The summed E-state index contributed by atoms with van der Waals surface area (Å²) in [5.74, 6) is -0.0361. The maximum atomic E-state index is 13.0. The molecule has 0 fully saturated rings. The van der Waals surface area contributed by atoms with Crippen molar-refractivity contribution in [1.29, 1.82) is 0 Å². The van der Waals surface area contributed by atoms with E-state index in [0.29, 0.717) is 5.82 Å². The molecule has 7 heteroatoms. The van der Waals surface area contributed by atoms with Gasteiger partial charge in [0, 0.05) is 7.05 Å². The minimum atomic E-state index is -0.523. The van der Waals surface area contributed by atoms with Crippen LogP contribution in [0.3, 0.4) is 0 Å². The number of anilines is 1. The third kappa shape index (κ3) is 3.18. The Kier molecular flexibility index (Phi) is 4.21. The SMILES string of the molecule is CC(C)C(Nc1c([N+](=O)[O-])ncn1C)c1ccc(F)cc1. The van der Waals surface area contributed by atoms with Gasteiger partial charge in [-0.15, -0.1) is 0 Å². The number of nitro groups is 1. The Bertz CT molecular complexity index is 637. The largest absolute Gasteiger partial charge is 0.406 e. The van der Waals surface area contributed by atoms with Crippen LogP contribution in [0, 0.1) is 21.8 Å². The zero-order valence-electron chi connectivity index (χ0n) is 12.1. The number of benzene rings is 1. The lowest BCUT2D eigenvalue weighted by molar-refractivity contribution is -0.388. The normalized spacial score (nSPS) is 12.4. The average molecular weight is 292 g/mol. The van der Waals surface area contributed by atoms with Gasteiger partial charge in [-0.25, -0.2) is 4.39 Å². The molecule has 1 aromatic heterocycles. The van der Waals surface area contributed by atoms with Crippen LogP contribution in [-0.2, 0) is 7.05 Å². The van der Waals surface area contributed by atoms with Crippen molar-refractivity contribution in [3.05, 3.63) is 52.1 Å². The highest BCUT2D eigenvalue weighted by atomic mass is 19.1. The number of hydrogen-bond donors (Lipinski definition) is 1. The fourth-order valence-corrected chi connectivity index (χ4v) is 2.17. The van der Waals surface area contributed by atoms with Crippen LogP contribution in [0.2, 0.25) is 0 Å². The second kappa shape index (κ2) is 5.90. The zero-order valence-corrected chi connectivity index (χ0v) is 12.1. The molecule has 0 aliphatic rings. The molecule has 0 spiro atoms. The second-order valence-corrected chi connectivity index (χ2v) is 5.20. The smallest absolute Gasteiger partial charge is 0.358 e. The maximum absolute atomic E-state index is 13.0. The van der Waals surface area contributed by atoms with Gasteiger partial charge in [0.2, 0.25) is 12.1 Å². The van der Waals surface area contributed by atoms with Crippen LogP contribution in [0.1, 0.15) is 25.5 Å². The minimum Gasteiger partial charge on any atom is -0.358 e. The molecule has 1 atom stereocenters. The number of hydrogen-bond acceptors (Lipinski definition) is 4. The predicted octanol–water partition coefficient (Wildman–Crippen LogP) is 3.28. The highest BCUT2D eigenvalue weighted by Crippen LogP contribution is 2.30. The first-order chi connectivity index (χ1) is 9.90. The Morgan fingerprint density at radius 3 is 2.48 bits per heavy atom. The van der Waals surface area contributed by atoms with Crippen molar-refractivity contribution < 1.29 is 9.31 Å². The third-order valence-electron chi connectivity index (χ3n) is 3.28. The molecule has 6 nitrogen and oxygen atoms in total. The first kappa shape index (κ1) is 15.0. The van der Waals surface area contributed by atoms with Gasteiger partial charge in [-0.1, -0.05) is 26.0 Å². The molecular formula is C14H17FN4O2. The molecule has 1 unspecified atom stereocenters. The molecule has 112 valence electrons. The summed E-state index contributed by atoms with van der Waals surface area (Å²) in [4.78, 5) is 14.3. The monoisotopic (exact) mass is 292 g/mol. The highest BCUT2D eigenvalue weighted by molar-refractivity contribution is 5.53. The van der Waals surface area contributed by atoms with Gasteiger partial charge in [-0.3, -0.25) is 4.57 Å². The summed E-state index contributed by atoms with van der Waals surface area (Å²) in [6.45, 7) is 3.98. The van der Waals surface area contributed by atoms with E-state index in [1.54, 1.807) is 23.7 Å². The number of rotatable bonds is 5. The summed E-state index contributed by atoms with van der Waals surface area (Å²) in [5, 5.41) is 14.2. The van der Waals surface area contributed by atoms with Gasteiger partial charge in [0.15, 0.2) is 0 Å². The maximum Gasteiger partial charge on any atom is 0.406 e. The van der Waals surface area contributed by atoms with E-state index in [4.69, 9.17) is 0 Å². The number of imidazole rings is 1. The van der Waals surface area contributed by atoms with Crippen molar-refractivity contribution in [3.8, 4) is 0 Å². The number of aromatic nitrogens is 2. The van der Waals surface area contributed by atoms with E-state index < -0.39 is 4.92 Å². The van der Waals surface area contributed by atoms with Gasteiger partial charge >= 0.3 is 5.82 Å². The van der Waals surface area contributed by atoms with E-state index >= 15 is 0 Å². The first-order valence-corrected chi connectivity index (χ1v) is 6.58. The lowest BCUT2D eigenvalue weighted by Gasteiger charge is -2.23. The van der Waals surface area contributed by atoms with Gasteiger partial charge in [0.1, 0.15) is 5.82 Å². The summed E-state index contributed by atoms with van der Waals surface area (Å²) in [6, 6.07) is 5.93. The average Bonchev–Trinajstić information content (AvgIpc) is 2.78. The summed E-state index contributed by atoms with van der Waals surface area (Å²) in [7, 11) is 1.68. The Morgan fingerprint density at radius 2 is 1.95 bits per heavy atom. The summed E-state index contributed by atoms with van der Waals surface area (Å²) >= 11 is 0. The molecule has 0 aliphatic carbocycles. The van der Waals surface area contributed by atoms with Crippen LogP contribution in [0.25, 0.3) is 0 Å². The van der Waals surface area contributed by atoms with E-state index in [0.717, 1.165) is 5.56 Å². The molecule has 0 amide bonds. The molecule has 0 bridgehead atoms. The Morgan fingerprint density at radius 1 is 1.33 bits per heavy atom. The van der Waals surface area contributed by atoms with Gasteiger partial charge in [-0.05, 0) is 33.5 Å². The van der Waals surface area contributed by atoms with Crippen LogP contribution >= 0.6 is 0 Å². The molecule has 0 aliphatic heterocycles. The highest BCUT2D eigenvalue weighted by Gasteiger charge is 2.25. The van der Waals surface area contributed by atoms with Crippen molar-refractivity contribution >= 4 is 11.6 Å². The van der Waals surface area contributed by atoms with Crippen LogP contribution < -0.4 is 5.32 Å². The van der Waals surface area contributed by atoms with Crippen molar-refractivity contribution in [2.24, 2.45) is 13.0 Å². The lowest BCUT2D eigenvalue weighted by atomic mass is 9.96. The summed E-state index contributed by atoms with van der Waals surface area (Å²) in [5.41, 5.74) is 0.863. The standard InChI is InChI=1S/C14H17FN4O2/c1-9(2)12(10-4-6-11(15)7-5-10)17-14-13(19(20)21)16-8-18(14)3/h4-9,12,17H,1-3H3. The zero-order chi connectivity index (χ0) is 15.6. The van der Waals surface area contributed by atoms with Gasteiger partial charge in [0.25, 0.3) is 0 Å². The second-order valence-electron chi connectivity index (χ2n) is 5.20. The van der Waals surface area contributed by atoms with Crippen molar-refractivity contribution in [1.82, 2.24) is 9.55 Å². The number of halogens is 1. The predicted molar refractivity (Wildman–Crippen MR) is 77.5 cm³/mol. The number of aryl methyl sites for hydroxylation is 1. The molecule has 1 heterocycles. The third-order valence-corrected chi connectivity index (χ3v) is 3.28. The van der Waals surface area contributed by atoms with E-state index in [-0.39, 0.29) is 23.6 Å². The van der Waals surface area contributed by atoms with Gasteiger partial charge in [0.05, 0.1) is 6.04 Å². The molecule has 0 saturated heterocycles.